The zero-order chi connectivity index (χ0) is 21.0. The number of halogens is 1. The molecule has 0 unspecified atom stereocenters. The Labute approximate surface area is 178 Å². The number of nitrogens with zero attached hydrogens (tertiary/aromatic N) is 2. The van der Waals surface area contributed by atoms with E-state index < -0.39 is 10.0 Å². The molecule has 1 heterocycles. The van der Waals surface area contributed by atoms with Gasteiger partial charge in [-0.2, -0.15) is 8.42 Å². The Balaban J connectivity index is 2.26. The Morgan fingerprint density at radius 1 is 1.07 bits per heavy atom. The van der Waals surface area contributed by atoms with Crippen molar-refractivity contribution in [3.05, 3.63) is 46.2 Å². The molecule has 0 saturated heterocycles. The van der Waals surface area contributed by atoms with Crippen LogP contribution in [-0.4, -0.2) is 40.4 Å². The van der Waals surface area contributed by atoms with E-state index in [0.29, 0.717) is 46.6 Å². The van der Waals surface area contributed by atoms with Crippen LogP contribution in [0.1, 0.15) is 6.92 Å². The number of thiazole rings is 1. The number of rotatable bonds is 8. The third-order valence-electron chi connectivity index (χ3n) is 4.17. The van der Waals surface area contributed by atoms with Crippen molar-refractivity contribution in [3.63, 3.8) is 0 Å². The van der Waals surface area contributed by atoms with Gasteiger partial charge in [-0.1, -0.05) is 22.9 Å². The summed E-state index contributed by atoms with van der Waals surface area (Å²) >= 11 is 7.09. The number of hydrogen-bond donors (Lipinski definition) is 0. The first-order valence-corrected chi connectivity index (χ1v) is 11.4. The SMILES string of the molecule is CCOCCn1c(=NS(=O)(=O)c2ccc(Cl)cc2)sc2c(OC)ccc(OC)c21. The highest BCUT2D eigenvalue weighted by Gasteiger charge is 2.19. The molecule has 0 amide bonds. The van der Waals surface area contributed by atoms with Gasteiger partial charge in [0.2, 0.25) is 4.80 Å². The van der Waals surface area contributed by atoms with E-state index in [0.717, 1.165) is 4.70 Å². The maximum atomic E-state index is 12.9. The third-order valence-corrected chi connectivity index (χ3v) is 6.91. The van der Waals surface area contributed by atoms with Crippen molar-refractivity contribution in [2.24, 2.45) is 4.40 Å². The minimum Gasteiger partial charge on any atom is -0.495 e. The summed E-state index contributed by atoms with van der Waals surface area (Å²) in [5.74, 6) is 1.21. The Morgan fingerprint density at radius 2 is 1.72 bits per heavy atom. The van der Waals surface area contributed by atoms with E-state index in [9.17, 15) is 8.42 Å². The maximum Gasteiger partial charge on any atom is 0.285 e. The molecule has 0 atom stereocenters. The summed E-state index contributed by atoms with van der Waals surface area (Å²) in [6.45, 7) is 3.26. The average molecular weight is 457 g/mol. The van der Waals surface area contributed by atoms with Gasteiger partial charge in [0, 0.05) is 18.2 Å². The van der Waals surface area contributed by atoms with Crippen molar-refractivity contribution in [2.75, 3.05) is 27.4 Å². The topological polar surface area (TPSA) is 79.1 Å². The molecule has 0 spiro atoms. The second-order valence-corrected chi connectivity index (χ2v) is 8.92. The molecule has 156 valence electrons. The van der Waals surface area contributed by atoms with Gasteiger partial charge in [-0.3, -0.25) is 0 Å². The molecule has 1 aromatic heterocycles. The molecule has 10 heteroatoms. The normalized spacial score (nSPS) is 12.5. The van der Waals surface area contributed by atoms with Gasteiger partial charge in [-0.15, -0.1) is 4.40 Å². The molecule has 29 heavy (non-hydrogen) atoms. The lowest BCUT2D eigenvalue weighted by Crippen LogP contribution is -2.20. The molecule has 0 aliphatic carbocycles. The van der Waals surface area contributed by atoms with Crippen molar-refractivity contribution in [1.29, 1.82) is 0 Å². The highest BCUT2D eigenvalue weighted by Crippen LogP contribution is 2.35. The van der Waals surface area contributed by atoms with Crippen LogP contribution in [0.2, 0.25) is 5.02 Å². The van der Waals surface area contributed by atoms with E-state index in [1.54, 1.807) is 30.9 Å². The lowest BCUT2D eigenvalue weighted by molar-refractivity contribution is 0.139. The Bertz CT molecular complexity index is 1170. The van der Waals surface area contributed by atoms with Crippen LogP contribution < -0.4 is 14.3 Å². The largest absolute Gasteiger partial charge is 0.495 e. The zero-order valence-corrected chi connectivity index (χ0v) is 18.6. The molecule has 7 nitrogen and oxygen atoms in total. The fourth-order valence-corrected chi connectivity index (χ4v) is 5.29. The number of sulfonamides is 1. The predicted molar refractivity (Wildman–Crippen MR) is 114 cm³/mol. The van der Waals surface area contributed by atoms with Gasteiger partial charge in [-0.25, -0.2) is 0 Å². The molecule has 0 radical (unpaired) electrons. The standard InChI is InChI=1S/C19H21ClN2O5S2/c1-4-27-12-11-22-17-15(25-2)9-10-16(26-3)18(17)28-19(22)21-29(23,24)14-7-5-13(20)6-8-14/h5-10H,4,11-12H2,1-3H3. The molecule has 3 rings (SSSR count). The monoisotopic (exact) mass is 456 g/mol. The molecular weight excluding hydrogens is 436 g/mol. The van der Waals surface area contributed by atoms with E-state index in [-0.39, 0.29) is 4.90 Å². The molecule has 2 aromatic carbocycles. The van der Waals surface area contributed by atoms with Gasteiger partial charge in [0.15, 0.2) is 0 Å². The molecule has 0 saturated carbocycles. The average Bonchev–Trinajstić information content (AvgIpc) is 3.05. The van der Waals surface area contributed by atoms with Gasteiger partial charge in [-0.05, 0) is 43.3 Å². The summed E-state index contributed by atoms with van der Waals surface area (Å²) in [6.07, 6.45) is 0. The van der Waals surface area contributed by atoms with Crippen molar-refractivity contribution in [3.8, 4) is 11.5 Å². The van der Waals surface area contributed by atoms with E-state index >= 15 is 0 Å². The molecule has 0 aliphatic rings. The summed E-state index contributed by atoms with van der Waals surface area (Å²) in [5.41, 5.74) is 0.710. The fraction of sp³-hybridized carbons (Fsp3) is 0.316. The van der Waals surface area contributed by atoms with Gasteiger partial charge in [0.25, 0.3) is 10.0 Å². The van der Waals surface area contributed by atoms with E-state index in [1.807, 2.05) is 6.92 Å². The van der Waals surface area contributed by atoms with Gasteiger partial charge >= 0.3 is 0 Å². The van der Waals surface area contributed by atoms with Crippen molar-refractivity contribution >= 4 is 43.2 Å². The van der Waals surface area contributed by atoms with Crippen LogP contribution in [-0.2, 0) is 21.3 Å². The van der Waals surface area contributed by atoms with Crippen LogP contribution >= 0.6 is 22.9 Å². The smallest absolute Gasteiger partial charge is 0.285 e. The number of methoxy groups -OCH3 is 2. The van der Waals surface area contributed by atoms with E-state index in [2.05, 4.69) is 4.40 Å². The summed E-state index contributed by atoms with van der Waals surface area (Å²) < 4.78 is 48.8. The second-order valence-electron chi connectivity index (χ2n) is 5.90. The highest BCUT2D eigenvalue weighted by atomic mass is 35.5. The van der Waals surface area contributed by atoms with Crippen molar-refractivity contribution in [1.82, 2.24) is 4.57 Å². The van der Waals surface area contributed by atoms with Crippen LogP contribution in [0.5, 0.6) is 11.5 Å². The highest BCUT2D eigenvalue weighted by molar-refractivity contribution is 7.90. The predicted octanol–water partition coefficient (Wildman–Crippen LogP) is 3.70. The number of ether oxygens (including phenoxy) is 3. The summed E-state index contributed by atoms with van der Waals surface area (Å²) in [6, 6.07) is 9.46. The van der Waals surface area contributed by atoms with Crippen molar-refractivity contribution in [2.45, 2.75) is 18.4 Å². The number of fused-ring (bicyclic) bond motifs is 1. The van der Waals surface area contributed by atoms with Crippen molar-refractivity contribution < 1.29 is 22.6 Å². The molecular formula is C19H21ClN2O5S2. The minimum atomic E-state index is -3.94. The number of benzene rings is 2. The van der Waals surface area contributed by atoms with Crippen LogP contribution in [0, 0.1) is 0 Å². The zero-order valence-electron chi connectivity index (χ0n) is 16.2. The Hall–Kier alpha value is -2.07. The quantitative estimate of drug-likeness (QED) is 0.483. The first-order valence-electron chi connectivity index (χ1n) is 8.80. The molecule has 0 bridgehead atoms. The number of aromatic nitrogens is 1. The van der Waals surface area contributed by atoms with Crippen LogP contribution in [0.25, 0.3) is 10.2 Å². The van der Waals surface area contributed by atoms with Gasteiger partial charge in [0.1, 0.15) is 21.7 Å². The molecule has 3 aromatic rings. The summed E-state index contributed by atoms with van der Waals surface area (Å²) in [7, 11) is -0.812. The molecule has 0 aliphatic heterocycles. The first-order chi connectivity index (χ1) is 13.9. The van der Waals surface area contributed by atoms with Crippen LogP contribution in [0.3, 0.4) is 0 Å². The maximum absolute atomic E-state index is 12.9. The second kappa shape index (κ2) is 9.17. The Morgan fingerprint density at radius 3 is 2.34 bits per heavy atom. The first kappa shape index (κ1) is 21.6. The summed E-state index contributed by atoms with van der Waals surface area (Å²) in [4.78, 5) is 0.368. The number of hydrogen-bond acceptors (Lipinski definition) is 6. The van der Waals surface area contributed by atoms with Crippen LogP contribution in [0.4, 0.5) is 0 Å². The molecule has 0 N–H and O–H groups in total. The third kappa shape index (κ3) is 4.58. The Kier molecular flexibility index (Phi) is 6.84. The lowest BCUT2D eigenvalue weighted by Gasteiger charge is -2.10. The fourth-order valence-electron chi connectivity index (χ4n) is 2.79. The minimum absolute atomic E-state index is 0.0645. The van der Waals surface area contributed by atoms with E-state index in [4.69, 9.17) is 25.8 Å². The lowest BCUT2D eigenvalue weighted by atomic mass is 10.3. The van der Waals surface area contributed by atoms with Gasteiger partial charge < -0.3 is 18.8 Å². The van der Waals surface area contributed by atoms with E-state index in [1.165, 1.54) is 35.6 Å². The van der Waals surface area contributed by atoms with Gasteiger partial charge in [0.05, 0.1) is 25.7 Å². The van der Waals surface area contributed by atoms with Crippen LogP contribution in [0.15, 0.2) is 45.7 Å². The summed E-state index contributed by atoms with van der Waals surface area (Å²) in [5, 5.41) is 0.451. The molecule has 0 fully saturated rings.